The molecular weight excluding hydrogens is 361 g/mol. The lowest BCUT2D eigenvalue weighted by molar-refractivity contribution is -0.123. The van der Waals surface area contributed by atoms with Gasteiger partial charge in [-0.25, -0.2) is 9.18 Å². The van der Waals surface area contributed by atoms with E-state index in [1.165, 1.54) is 12.1 Å². The summed E-state index contributed by atoms with van der Waals surface area (Å²) in [5.41, 5.74) is 1.71. The number of hydrogen-bond acceptors (Lipinski definition) is 3. The van der Waals surface area contributed by atoms with Gasteiger partial charge in [-0.2, -0.15) is 0 Å². The molecule has 0 spiro atoms. The van der Waals surface area contributed by atoms with Gasteiger partial charge in [0.2, 0.25) is 5.91 Å². The summed E-state index contributed by atoms with van der Waals surface area (Å²) in [6, 6.07) is 12.2. The van der Waals surface area contributed by atoms with Crippen LogP contribution in [0.15, 0.2) is 48.5 Å². The molecule has 2 aromatic rings. The fraction of sp³-hybridized carbons (Fsp3) is 0.333. The SMILES string of the molecule is CCCC(NC(=O)NCc1ccc(F)cc1)C(=O)NCc1ccc(OC)cc1. The Balaban J connectivity index is 1.83. The van der Waals surface area contributed by atoms with Gasteiger partial charge in [0.05, 0.1) is 7.11 Å². The first-order valence-electron chi connectivity index (χ1n) is 9.21. The van der Waals surface area contributed by atoms with Crippen molar-refractivity contribution in [2.45, 2.75) is 38.9 Å². The third-order valence-corrected chi connectivity index (χ3v) is 4.19. The van der Waals surface area contributed by atoms with E-state index in [1.54, 1.807) is 19.2 Å². The fourth-order valence-electron chi connectivity index (χ4n) is 2.61. The highest BCUT2D eigenvalue weighted by molar-refractivity contribution is 5.86. The largest absolute Gasteiger partial charge is 0.497 e. The number of carbonyl (C=O) groups excluding carboxylic acids is 2. The summed E-state index contributed by atoms with van der Waals surface area (Å²) in [5, 5.41) is 8.22. The fourth-order valence-corrected chi connectivity index (χ4v) is 2.61. The van der Waals surface area contributed by atoms with Crippen molar-refractivity contribution in [3.8, 4) is 5.75 Å². The van der Waals surface area contributed by atoms with Crippen LogP contribution >= 0.6 is 0 Å². The van der Waals surface area contributed by atoms with E-state index >= 15 is 0 Å². The third kappa shape index (κ3) is 6.90. The number of carbonyl (C=O) groups is 2. The molecule has 3 N–H and O–H groups in total. The zero-order valence-corrected chi connectivity index (χ0v) is 16.1. The number of amides is 3. The average molecular weight is 387 g/mol. The number of hydrogen-bond donors (Lipinski definition) is 3. The van der Waals surface area contributed by atoms with Gasteiger partial charge in [0.25, 0.3) is 0 Å². The molecule has 0 aliphatic heterocycles. The topological polar surface area (TPSA) is 79.5 Å². The second kappa shape index (κ2) is 10.9. The summed E-state index contributed by atoms with van der Waals surface area (Å²) in [7, 11) is 1.60. The summed E-state index contributed by atoms with van der Waals surface area (Å²) in [5.74, 6) is 0.178. The molecule has 0 radical (unpaired) electrons. The van der Waals surface area contributed by atoms with Crippen molar-refractivity contribution in [3.05, 3.63) is 65.5 Å². The van der Waals surface area contributed by atoms with Crippen molar-refractivity contribution < 1.29 is 18.7 Å². The first-order chi connectivity index (χ1) is 13.5. The summed E-state index contributed by atoms with van der Waals surface area (Å²) < 4.78 is 18.0. The summed E-state index contributed by atoms with van der Waals surface area (Å²) in [6.45, 7) is 2.56. The molecular formula is C21H26FN3O3. The Labute approximate surface area is 164 Å². The highest BCUT2D eigenvalue weighted by atomic mass is 19.1. The van der Waals surface area contributed by atoms with Crippen LogP contribution in [-0.4, -0.2) is 25.1 Å². The van der Waals surface area contributed by atoms with E-state index in [0.29, 0.717) is 13.0 Å². The zero-order valence-electron chi connectivity index (χ0n) is 16.1. The molecule has 3 amide bonds. The minimum atomic E-state index is -0.628. The first kappa shape index (κ1) is 21.2. The molecule has 2 rings (SSSR count). The monoisotopic (exact) mass is 387 g/mol. The number of methoxy groups -OCH3 is 1. The van der Waals surface area contributed by atoms with E-state index in [9.17, 15) is 14.0 Å². The van der Waals surface area contributed by atoms with E-state index in [4.69, 9.17) is 4.74 Å². The van der Waals surface area contributed by atoms with Crippen LogP contribution in [0.3, 0.4) is 0 Å². The van der Waals surface area contributed by atoms with E-state index in [2.05, 4.69) is 16.0 Å². The van der Waals surface area contributed by atoms with Gasteiger partial charge in [-0.15, -0.1) is 0 Å². The van der Waals surface area contributed by atoms with Gasteiger partial charge in [0.15, 0.2) is 0 Å². The molecule has 0 heterocycles. The second-order valence-electron chi connectivity index (χ2n) is 6.36. The number of nitrogens with one attached hydrogen (secondary N) is 3. The van der Waals surface area contributed by atoms with Crippen LogP contribution in [0.25, 0.3) is 0 Å². The van der Waals surface area contributed by atoms with Crippen molar-refractivity contribution in [1.82, 2.24) is 16.0 Å². The molecule has 6 nitrogen and oxygen atoms in total. The van der Waals surface area contributed by atoms with Crippen molar-refractivity contribution in [2.75, 3.05) is 7.11 Å². The maximum atomic E-state index is 12.9. The molecule has 0 saturated heterocycles. The van der Waals surface area contributed by atoms with Crippen LogP contribution in [0.1, 0.15) is 30.9 Å². The Morgan fingerprint density at radius 1 is 0.964 bits per heavy atom. The Hall–Kier alpha value is -3.09. The highest BCUT2D eigenvalue weighted by Gasteiger charge is 2.19. The molecule has 0 bridgehead atoms. The Bertz CT molecular complexity index is 763. The average Bonchev–Trinajstić information content (AvgIpc) is 2.71. The number of rotatable bonds is 9. The molecule has 1 atom stereocenters. The standard InChI is InChI=1S/C21H26FN3O3/c1-3-4-19(20(26)23-13-16-7-11-18(28-2)12-8-16)25-21(27)24-14-15-5-9-17(22)10-6-15/h5-12,19H,3-4,13-14H2,1-2H3,(H,23,26)(H2,24,25,27). The number of urea groups is 1. The van der Waals surface area contributed by atoms with E-state index in [-0.39, 0.29) is 18.3 Å². The molecule has 0 saturated carbocycles. The molecule has 2 aromatic carbocycles. The van der Waals surface area contributed by atoms with E-state index in [0.717, 1.165) is 23.3 Å². The Morgan fingerprint density at radius 2 is 1.54 bits per heavy atom. The van der Waals surface area contributed by atoms with Crippen LogP contribution in [0.2, 0.25) is 0 Å². The zero-order chi connectivity index (χ0) is 20.4. The molecule has 7 heteroatoms. The van der Waals surface area contributed by atoms with E-state index in [1.807, 2.05) is 31.2 Å². The van der Waals surface area contributed by atoms with Crippen LogP contribution < -0.4 is 20.7 Å². The normalized spacial score (nSPS) is 11.4. The lowest BCUT2D eigenvalue weighted by Gasteiger charge is -2.18. The lowest BCUT2D eigenvalue weighted by Crippen LogP contribution is -2.49. The minimum Gasteiger partial charge on any atom is -0.497 e. The summed E-state index contributed by atoms with van der Waals surface area (Å²) >= 11 is 0. The van der Waals surface area contributed by atoms with Crippen molar-refractivity contribution in [3.63, 3.8) is 0 Å². The molecule has 0 fully saturated rings. The van der Waals surface area contributed by atoms with Crippen LogP contribution in [0.4, 0.5) is 9.18 Å². The van der Waals surface area contributed by atoms with Crippen molar-refractivity contribution >= 4 is 11.9 Å². The van der Waals surface area contributed by atoms with Crippen molar-refractivity contribution in [1.29, 1.82) is 0 Å². The minimum absolute atomic E-state index is 0.241. The third-order valence-electron chi connectivity index (χ3n) is 4.19. The molecule has 0 aliphatic carbocycles. The molecule has 0 aliphatic rings. The summed E-state index contributed by atoms with van der Waals surface area (Å²) in [4.78, 5) is 24.6. The maximum absolute atomic E-state index is 12.9. The number of ether oxygens (including phenoxy) is 1. The number of benzene rings is 2. The molecule has 1 unspecified atom stereocenters. The van der Waals surface area contributed by atoms with Gasteiger partial charge in [-0.3, -0.25) is 4.79 Å². The maximum Gasteiger partial charge on any atom is 0.315 e. The van der Waals surface area contributed by atoms with Gasteiger partial charge < -0.3 is 20.7 Å². The summed E-state index contributed by atoms with van der Waals surface area (Å²) in [6.07, 6.45) is 1.28. The van der Waals surface area contributed by atoms with Gasteiger partial charge in [-0.05, 0) is 41.8 Å². The van der Waals surface area contributed by atoms with Crippen LogP contribution in [0.5, 0.6) is 5.75 Å². The Morgan fingerprint density at radius 3 is 2.11 bits per heavy atom. The van der Waals surface area contributed by atoms with Gasteiger partial charge >= 0.3 is 6.03 Å². The van der Waals surface area contributed by atoms with Gasteiger partial charge in [-0.1, -0.05) is 37.6 Å². The predicted molar refractivity (Wildman–Crippen MR) is 105 cm³/mol. The van der Waals surface area contributed by atoms with Crippen molar-refractivity contribution in [2.24, 2.45) is 0 Å². The van der Waals surface area contributed by atoms with E-state index < -0.39 is 12.1 Å². The van der Waals surface area contributed by atoms with Crippen LogP contribution in [0, 0.1) is 5.82 Å². The molecule has 0 aromatic heterocycles. The number of halogens is 1. The predicted octanol–water partition coefficient (Wildman–Crippen LogP) is 3.12. The van der Waals surface area contributed by atoms with Crippen LogP contribution in [-0.2, 0) is 17.9 Å². The van der Waals surface area contributed by atoms with Gasteiger partial charge in [0.1, 0.15) is 17.6 Å². The lowest BCUT2D eigenvalue weighted by atomic mass is 10.1. The second-order valence-corrected chi connectivity index (χ2v) is 6.36. The Kier molecular flexibility index (Phi) is 8.27. The molecule has 150 valence electrons. The highest BCUT2D eigenvalue weighted by Crippen LogP contribution is 2.11. The smallest absolute Gasteiger partial charge is 0.315 e. The first-order valence-corrected chi connectivity index (χ1v) is 9.21. The quantitative estimate of drug-likeness (QED) is 0.619. The molecule has 28 heavy (non-hydrogen) atoms. The van der Waals surface area contributed by atoms with Gasteiger partial charge in [0, 0.05) is 13.1 Å².